The first kappa shape index (κ1) is 16.6. The summed E-state index contributed by atoms with van der Waals surface area (Å²) in [5, 5.41) is 0. The molecule has 0 aliphatic carbocycles. The van der Waals surface area contributed by atoms with Gasteiger partial charge in [0.25, 0.3) is 0 Å². The minimum absolute atomic E-state index is 0. The fourth-order valence-corrected chi connectivity index (χ4v) is 3.21. The van der Waals surface area contributed by atoms with E-state index in [1.54, 1.807) is 0 Å². The van der Waals surface area contributed by atoms with E-state index in [1.165, 1.54) is 15.4 Å². The van der Waals surface area contributed by atoms with Gasteiger partial charge in [-0.2, -0.15) is 0 Å². The minimum Gasteiger partial charge on any atom is -0.305 e. The van der Waals surface area contributed by atoms with E-state index in [0.29, 0.717) is 0 Å². The zero-order chi connectivity index (χ0) is 13.0. The second-order valence-corrected chi connectivity index (χ2v) is 6.32. The summed E-state index contributed by atoms with van der Waals surface area (Å²) in [5.41, 5.74) is 1.36. The van der Waals surface area contributed by atoms with Crippen LogP contribution in [0.1, 0.15) is 5.56 Å². The Balaban J connectivity index is 0.00000180. The van der Waals surface area contributed by atoms with Gasteiger partial charge in [0.05, 0.1) is 0 Å². The summed E-state index contributed by atoms with van der Waals surface area (Å²) in [6, 6.07) is 16.9. The van der Waals surface area contributed by atoms with Gasteiger partial charge in [0.15, 0.2) is 0 Å². The standard InChI is InChI=1S/C15H16BrNS.ClH/c1-17(2)11-12-7-3-5-9-14(12)18-15-10-6-4-8-13(15)16;/h3-10H,11H2,1-2H3;1H. The lowest BCUT2D eigenvalue weighted by Crippen LogP contribution is -2.11. The second kappa shape index (κ2) is 7.95. The Bertz CT molecular complexity index is 531. The van der Waals surface area contributed by atoms with E-state index in [9.17, 15) is 0 Å². The average molecular weight is 359 g/mol. The fourth-order valence-electron chi connectivity index (χ4n) is 1.72. The molecule has 0 spiro atoms. The van der Waals surface area contributed by atoms with Crippen LogP contribution in [0, 0.1) is 0 Å². The average Bonchev–Trinajstić information content (AvgIpc) is 2.34. The molecule has 4 heteroatoms. The molecule has 0 unspecified atom stereocenters. The zero-order valence-corrected chi connectivity index (χ0v) is 14.2. The Morgan fingerprint density at radius 2 is 1.53 bits per heavy atom. The van der Waals surface area contributed by atoms with Crippen LogP contribution in [0.25, 0.3) is 0 Å². The van der Waals surface area contributed by atoms with Crippen LogP contribution in [0.4, 0.5) is 0 Å². The molecule has 0 radical (unpaired) electrons. The molecule has 0 saturated heterocycles. The summed E-state index contributed by atoms with van der Waals surface area (Å²) >= 11 is 5.41. The Kier molecular flexibility index (Phi) is 6.94. The second-order valence-electron chi connectivity index (χ2n) is 4.38. The summed E-state index contributed by atoms with van der Waals surface area (Å²) in [5.74, 6) is 0. The normalized spacial score (nSPS) is 10.3. The Morgan fingerprint density at radius 3 is 2.16 bits per heavy atom. The molecule has 19 heavy (non-hydrogen) atoms. The van der Waals surface area contributed by atoms with Gasteiger partial charge in [-0.05, 0) is 53.8 Å². The van der Waals surface area contributed by atoms with Gasteiger partial charge < -0.3 is 4.90 Å². The number of halogens is 2. The topological polar surface area (TPSA) is 3.24 Å². The third-order valence-electron chi connectivity index (χ3n) is 2.52. The molecule has 0 fully saturated rings. The lowest BCUT2D eigenvalue weighted by atomic mass is 10.2. The van der Waals surface area contributed by atoms with Crippen molar-refractivity contribution in [2.75, 3.05) is 14.1 Å². The highest BCUT2D eigenvalue weighted by Crippen LogP contribution is 2.35. The van der Waals surface area contributed by atoms with E-state index in [1.807, 2.05) is 17.8 Å². The van der Waals surface area contributed by atoms with Gasteiger partial charge in [-0.3, -0.25) is 0 Å². The highest BCUT2D eigenvalue weighted by Gasteiger charge is 2.06. The monoisotopic (exact) mass is 357 g/mol. The van der Waals surface area contributed by atoms with Crippen molar-refractivity contribution in [3.8, 4) is 0 Å². The Labute approximate surface area is 133 Å². The van der Waals surface area contributed by atoms with E-state index < -0.39 is 0 Å². The third-order valence-corrected chi connectivity index (χ3v) is 4.66. The SMILES string of the molecule is CN(C)Cc1ccccc1Sc1ccccc1Br.Cl. The maximum absolute atomic E-state index is 3.60. The van der Waals surface area contributed by atoms with Gasteiger partial charge in [-0.25, -0.2) is 0 Å². The smallest absolute Gasteiger partial charge is 0.0314 e. The molecule has 0 aliphatic heterocycles. The predicted octanol–water partition coefficient (Wildman–Crippen LogP) is 5.08. The van der Waals surface area contributed by atoms with E-state index in [2.05, 4.69) is 77.4 Å². The van der Waals surface area contributed by atoms with Crippen LogP contribution in [-0.4, -0.2) is 19.0 Å². The van der Waals surface area contributed by atoms with E-state index >= 15 is 0 Å². The molecule has 2 rings (SSSR count). The van der Waals surface area contributed by atoms with Crippen molar-refractivity contribution < 1.29 is 0 Å². The number of nitrogens with zero attached hydrogens (tertiary/aromatic N) is 1. The molecule has 0 atom stereocenters. The Hall–Kier alpha value is -0.480. The van der Waals surface area contributed by atoms with Crippen molar-refractivity contribution in [3.05, 3.63) is 58.6 Å². The summed E-state index contributed by atoms with van der Waals surface area (Å²) in [4.78, 5) is 4.76. The summed E-state index contributed by atoms with van der Waals surface area (Å²) in [7, 11) is 4.19. The molecular formula is C15H17BrClNS. The molecule has 102 valence electrons. The highest BCUT2D eigenvalue weighted by molar-refractivity contribution is 9.10. The number of rotatable bonds is 4. The van der Waals surface area contributed by atoms with Crippen LogP contribution in [0.15, 0.2) is 62.8 Å². The molecule has 0 amide bonds. The van der Waals surface area contributed by atoms with E-state index in [-0.39, 0.29) is 12.4 Å². The van der Waals surface area contributed by atoms with Crippen LogP contribution in [0.5, 0.6) is 0 Å². The van der Waals surface area contributed by atoms with Crippen LogP contribution in [-0.2, 0) is 6.54 Å². The lowest BCUT2D eigenvalue weighted by Gasteiger charge is -2.14. The molecule has 0 aromatic heterocycles. The molecule has 0 heterocycles. The van der Waals surface area contributed by atoms with Crippen molar-refractivity contribution >= 4 is 40.1 Å². The molecule has 2 aromatic carbocycles. The molecule has 1 nitrogen and oxygen atoms in total. The molecular weight excluding hydrogens is 342 g/mol. The van der Waals surface area contributed by atoms with Crippen molar-refractivity contribution in [2.24, 2.45) is 0 Å². The van der Waals surface area contributed by atoms with Crippen molar-refractivity contribution in [3.63, 3.8) is 0 Å². The predicted molar refractivity (Wildman–Crippen MR) is 89.3 cm³/mol. The number of hydrogen-bond acceptors (Lipinski definition) is 2. The maximum Gasteiger partial charge on any atom is 0.0314 e. The molecule has 2 aromatic rings. The largest absolute Gasteiger partial charge is 0.305 e. The van der Waals surface area contributed by atoms with Crippen molar-refractivity contribution in [1.82, 2.24) is 4.90 Å². The van der Waals surface area contributed by atoms with Crippen molar-refractivity contribution in [2.45, 2.75) is 16.3 Å². The zero-order valence-electron chi connectivity index (χ0n) is 11.0. The highest BCUT2D eigenvalue weighted by atomic mass is 79.9. The molecule has 0 aliphatic rings. The summed E-state index contributed by atoms with van der Waals surface area (Å²) in [6.07, 6.45) is 0. The van der Waals surface area contributed by atoms with E-state index in [0.717, 1.165) is 11.0 Å². The van der Waals surface area contributed by atoms with Crippen LogP contribution < -0.4 is 0 Å². The number of benzene rings is 2. The van der Waals surface area contributed by atoms with Gasteiger partial charge in [0.1, 0.15) is 0 Å². The van der Waals surface area contributed by atoms with Crippen LogP contribution in [0.2, 0.25) is 0 Å². The Morgan fingerprint density at radius 1 is 0.947 bits per heavy atom. The van der Waals surface area contributed by atoms with Gasteiger partial charge in [0, 0.05) is 20.8 Å². The quantitative estimate of drug-likeness (QED) is 0.749. The summed E-state index contributed by atoms with van der Waals surface area (Å²) < 4.78 is 1.15. The first-order valence-electron chi connectivity index (χ1n) is 5.82. The lowest BCUT2D eigenvalue weighted by molar-refractivity contribution is 0.399. The molecule has 0 N–H and O–H groups in total. The summed E-state index contributed by atoms with van der Waals surface area (Å²) in [6.45, 7) is 0.966. The van der Waals surface area contributed by atoms with Crippen LogP contribution in [0.3, 0.4) is 0 Å². The third kappa shape index (κ3) is 4.84. The van der Waals surface area contributed by atoms with Gasteiger partial charge in [0.2, 0.25) is 0 Å². The molecule has 0 bridgehead atoms. The van der Waals surface area contributed by atoms with Gasteiger partial charge in [-0.1, -0.05) is 42.1 Å². The molecule has 0 saturated carbocycles. The van der Waals surface area contributed by atoms with Gasteiger partial charge in [-0.15, -0.1) is 12.4 Å². The van der Waals surface area contributed by atoms with E-state index in [4.69, 9.17) is 0 Å². The van der Waals surface area contributed by atoms with Crippen LogP contribution >= 0.6 is 40.1 Å². The van der Waals surface area contributed by atoms with Gasteiger partial charge >= 0.3 is 0 Å². The first-order chi connectivity index (χ1) is 8.66. The number of hydrogen-bond donors (Lipinski definition) is 0. The fraction of sp³-hybridized carbons (Fsp3) is 0.200. The van der Waals surface area contributed by atoms with Crippen molar-refractivity contribution in [1.29, 1.82) is 0 Å². The first-order valence-corrected chi connectivity index (χ1v) is 7.43. The minimum atomic E-state index is 0. The maximum atomic E-state index is 3.60.